The van der Waals surface area contributed by atoms with Crippen LogP contribution in [-0.4, -0.2) is 6.00 Å². The minimum Gasteiger partial charge on any atom is -0.327 e. The van der Waals surface area contributed by atoms with E-state index < -0.39 is 0 Å². The number of benzene rings is 2. The van der Waals surface area contributed by atoms with E-state index in [9.17, 15) is 0 Å². The first-order chi connectivity index (χ1) is 7.90. The summed E-state index contributed by atoms with van der Waals surface area (Å²) in [5.41, 5.74) is 5.16. The molecule has 0 bridgehead atoms. The standard InChI is InChI=1S/C14H12ClN/c15-10-16-13-7-3-1-5-11(13)9-12-6-2-4-8-14(12)16/h1-8H,9-10H2. The Hall–Kier alpha value is -1.47. The Morgan fingerprint density at radius 3 is 1.88 bits per heavy atom. The third-order valence-corrected chi connectivity index (χ3v) is 3.30. The van der Waals surface area contributed by atoms with Crippen molar-refractivity contribution < 1.29 is 0 Å². The molecule has 0 spiro atoms. The summed E-state index contributed by atoms with van der Waals surface area (Å²) in [6.07, 6.45) is 1.000. The second kappa shape index (κ2) is 3.84. The van der Waals surface area contributed by atoms with E-state index in [1.165, 1.54) is 22.5 Å². The molecular formula is C14H12ClN. The van der Waals surface area contributed by atoms with Gasteiger partial charge in [0.1, 0.15) is 0 Å². The van der Waals surface area contributed by atoms with Gasteiger partial charge in [-0.15, -0.1) is 11.6 Å². The summed E-state index contributed by atoms with van der Waals surface area (Å²) in [4.78, 5) is 2.16. The largest absolute Gasteiger partial charge is 0.327 e. The lowest BCUT2D eigenvalue weighted by Crippen LogP contribution is -2.21. The topological polar surface area (TPSA) is 3.24 Å². The number of halogens is 1. The minimum atomic E-state index is 0.494. The summed E-state index contributed by atoms with van der Waals surface area (Å²) in [5, 5.41) is 0. The van der Waals surface area contributed by atoms with Gasteiger partial charge >= 0.3 is 0 Å². The third-order valence-electron chi connectivity index (χ3n) is 3.07. The average molecular weight is 230 g/mol. The van der Waals surface area contributed by atoms with Crippen LogP contribution in [0.5, 0.6) is 0 Å². The molecule has 0 N–H and O–H groups in total. The lowest BCUT2D eigenvalue weighted by molar-refractivity contribution is 1.04. The molecular weight excluding hydrogens is 218 g/mol. The van der Waals surface area contributed by atoms with Crippen LogP contribution in [0.1, 0.15) is 11.1 Å². The molecule has 1 nitrogen and oxygen atoms in total. The molecule has 0 aromatic heterocycles. The van der Waals surface area contributed by atoms with E-state index in [1.54, 1.807) is 0 Å². The lowest BCUT2D eigenvalue weighted by Gasteiger charge is -2.31. The fourth-order valence-corrected chi connectivity index (χ4v) is 2.57. The first-order valence-corrected chi connectivity index (χ1v) is 5.93. The Balaban J connectivity index is 2.19. The normalized spacial score (nSPS) is 13.2. The van der Waals surface area contributed by atoms with Gasteiger partial charge in [-0.25, -0.2) is 0 Å². The predicted octanol–water partition coefficient (Wildman–Crippen LogP) is 3.93. The smallest absolute Gasteiger partial charge is 0.0977 e. The van der Waals surface area contributed by atoms with Gasteiger partial charge in [0, 0.05) is 17.8 Å². The molecule has 3 rings (SSSR count). The van der Waals surface area contributed by atoms with Gasteiger partial charge < -0.3 is 4.90 Å². The van der Waals surface area contributed by atoms with Crippen molar-refractivity contribution in [1.29, 1.82) is 0 Å². The first-order valence-electron chi connectivity index (χ1n) is 5.39. The van der Waals surface area contributed by atoms with E-state index in [0.717, 1.165) is 6.42 Å². The van der Waals surface area contributed by atoms with E-state index in [1.807, 2.05) is 0 Å². The highest BCUT2D eigenvalue weighted by Crippen LogP contribution is 2.38. The van der Waals surface area contributed by atoms with E-state index in [-0.39, 0.29) is 0 Å². The van der Waals surface area contributed by atoms with Crippen LogP contribution in [0.15, 0.2) is 48.5 Å². The maximum Gasteiger partial charge on any atom is 0.0977 e. The summed E-state index contributed by atoms with van der Waals surface area (Å²) in [6.45, 7) is 0. The molecule has 0 aliphatic carbocycles. The number of para-hydroxylation sites is 2. The Morgan fingerprint density at radius 1 is 0.875 bits per heavy atom. The summed E-state index contributed by atoms with van der Waals surface area (Å²) >= 11 is 6.06. The predicted molar refractivity (Wildman–Crippen MR) is 68.5 cm³/mol. The molecule has 0 saturated carbocycles. The van der Waals surface area contributed by atoms with E-state index >= 15 is 0 Å². The molecule has 0 amide bonds. The fraction of sp³-hybridized carbons (Fsp3) is 0.143. The molecule has 80 valence electrons. The molecule has 1 heterocycles. The monoisotopic (exact) mass is 229 g/mol. The van der Waals surface area contributed by atoms with Gasteiger partial charge in [-0.2, -0.15) is 0 Å². The fourth-order valence-electron chi connectivity index (χ4n) is 2.31. The molecule has 0 atom stereocenters. The highest BCUT2D eigenvalue weighted by molar-refractivity contribution is 6.19. The quantitative estimate of drug-likeness (QED) is 0.529. The Labute approximate surface area is 100 Å². The minimum absolute atomic E-state index is 0.494. The Kier molecular flexibility index (Phi) is 2.33. The highest BCUT2D eigenvalue weighted by Gasteiger charge is 2.20. The number of anilines is 2. The van der Waals surface area contributed by atoms with E-state index in [2.05, 4.69) is 53.4 Å². The van der Waals surface area contributed by atoms with Crippen molar-refractivity contribution in [2.75, 3.05) is 10.9 Å². The van der Waals surface area contributed by atoms with E-state index in [0.29, 0.717) is 6.00 Å². The van der Waals surface area contributed by atoms with Crippen molar-refractivity contribution in [3.63, 3.8) is 0 Å². The number of nitrogens with zero attached hydrogens (tertiary/aromatic N) is 1. The van der Waals surface area contributed by atoms with Gasteiger partial charge in [-0.3, -0.25) is 0 Å². The first kappa shape index (κ1) is 9.73. The second-order valence-corrected chi connectivity index (χ2v) is 4.22. The Morgan fingerprint density at radius 2 is 1.38 bits per heavy atom. The second-order valence-electron chi connectivity index (χ2n) is 3.98. The van der Waals surface area contributed by atoms with Crippen LogP contribution >= 0.6 is 11.6 Å². The molecule has 16 heavy (non-hydrogen) atoms. The maximum absolute atomic E-state index is 6.06. The van der Waals surface area contributed by atoms with Crippen molar-refractivity contribution in [3.05, 3.63) is 59.7 Å². The van der Waals surface area contributed by atoms with Crippen molar-refractivity contribution in [2.24, 2.45) is 0 Å². The summed E-state index contributed by atoms with van der Waals surface area (Å²) in [6, 6.07) is 17.4. The van der Waals surface area contributed by atoms with Crippen molar-refractivity contribution in [3.8, 4) is 0 Å². The molecule has 0 saturated heterocycles. The molecule has 2 aromatic carbocycles. The number of fused-ring (bicyclic) bond motifs is 2. The van der Waals surface area contributed by atoms with E-state index in [4.69, 9.17) is 11.6 Å². The zero-order valence-electron chi connectivity index (χ0n) is 8.86. The van der Waals surface area contributed by atoms with Crippen LogP contribution in [0.2, 0.25) is 0 Å². The van der Waals surface area contributed by atoms with Crippen LogP contribution in [0.25, 0.3) is 0 Å². The molecule has 1 aliphatic rings. The van der Waals surface area contributed by atoms with Crippen LogP contribution in [0.4, 0.5) is 11.4 Å². The van der Waals surface area contributed by atoms with Crippen molar-refractivity contribution >= 4 is 23.0 Å². The maximum atomic E-state index is 6.06. The lowest BCUT2D eigenvalue weighted by atomic mass is 9.96. The number of alkyl halides is 1. The number of rotatable bonds is 1. The van der Waals surface area contributed by atoms with Crippen LogP contribution in [-0.2, 0) is 6.42 Å². The van der Waals surface area contributed by atoms with Crippen molar-refractivity contribution in [2.45, 2.75) is 6.42 Å². The van der Waals surface area contributed by atoms with Gasteiger partial charge in [0.15, 0.2) is 0 Å². The van der Waals surface area contributed by atoms with Crippen molar-refractivity contribution in [1.82, 2.24) is 0 Å². The van der Waals surface area contributed by atoms with Gasteiger partial charge in [-0.05, 0) is 23.3 Å². The molecule has 0 radical (unpaired) electrons. The molecule has 1 aliphatic heterocycles. The van der Waals surface area contributed by atoms with Gasteiger partial charge in [0.25, 0.3) is 0 Å². The summed E-state index contributed by atoms with van der Waals surface area (Å²) in [5.74, 6) is 0. The summed E-state index contributed by atoms with van der Waals surface area (Å²) in [7, 11) is 0. The van der Waals surface area contributed by atoms with Gasteiger partial charge in [-0.1, -0.05) is 36.4 Å². The van der Waals surface area contributed by atoms with Crippen LogP contribution in [0.3, 0.4) is 0 Å². The number of hydrogen-bond acceptors (Lipinski definition) is 1. The molecule has 0 unspecified atom stereocenters. The molecule has 2 aromatic rings. The zero-order valence-corrected chi connectivity index (χ0v) is 9.61. The third kappa shape index (κ3) is 1.40. The average Bonchev–Trinajstić information content (AvgIpc) is 2.36. The SMILES string of the molecule is ClCN1c2ccccc2Cc2ccccc21. The Bertz CT molecular complexity index is 476. The molecule has 0 fully saturated rings. The highest BCUT2D eigenvalue weighted by atomic mass is 35.5. The van der Waals surface area contributed by atoms with Gasteiger partial charge in [0.05, 0.1) is 6.00 Å². The summed E-state index contributed by atoms with van der Waals surface area (Å²) < 4.78 is 0. The zero-order chi connectivity index (χ0) is 11.0. The van der Waals surface area contributed by atoms with Crippen LogP contribution < -0.4 is 4.90 Å². The van der Waals surface area contributed by atoms with Gasteiger partial charge in [0.2, 0.25) is 0 Å². The molecule has 2 heteroatoms. The number of hydrogen-bond donors (Lipinski definition) is 0. The van der Waals surface area contributed by atoms with Crippen LogP contribution in [0, 0.1) is 0 Å².